The van der Waals surface area contributed by atoms with Gasteiger partial charge in [-0.3, -0.25) is 9.20 Å². The summed E-state index contributed by atoms with van der Waals surface area (Å²) >= 11 is 1.48. The summed E-state index contributed by atoms with van der Waals surface area (Å²) in [5, 5.41) is 0. The average molecular weight is 374 g/mol. The molecule has 6 heteroatoms. The Morgan fingerprint density at radius 1 is 1.33 bits per heavy atom. The predicted molar refractivity (Wildman–Crippen MR) is 108 cm³/mol. The van der Waals surface area contributed by atoms with Gasteiger partial charge in [-0.1, -0.05) is 36.3 Å². The molecule has 0 atom stereocenters. The van der Waals surface area contributed by atoms with E-state index in [0.29, 0.717) is 22.7 Å². The van der Waals surface area contributed by atoms with Crippen LogP contribution in [0.15, 0.2) is 47.6 Å². The number of benzene rings is 1. The first kappa shape index (κ1) is 17.3. The number of carbonyl (C=O) groups is 1. The molecular formula is C21H18N4OS. The number of aromatic nitrogens is 3. The molecule has 27 heavy (non-hydrogen) atoms. The molecule has 0 saturated heterocycles. The molecule has 4 aromatic rings. The number of imidazole rings is 1. The van der Waals surface area contributed by atoms with E-state index < -0.39 is 0 Å². The van der Waals surface area contributed by atoms with Crippen LogP contribution in [0.5, 0.6) is 0 Å². The number of aryl methyl sites for hydroxylation is 2. The minimum Gasteiger partial charge on any atom is -0.305 e. The van der Waals surface area contributed by atoms with Gasteiger partial charge in [-0.15, -0.1) is 6.42 Å². The molecule has 0 fully saturated rings. The van der Waals surface area contributed by atoms with Gasteiger partial charge in [0, 0.05) is 6.20 Å². The van der Waals surface area contributed by atoms with Gasteiger partial charge in [-0.05, 0) is 43.2 Å². The Balaban J connectivity index is 1.91. The first-order valence-electron chi connectivity index (χ1n) is 8.71. The van der Waals surface area contributed by atoms with Gasteiger partial charge in [0.25, 0.3) is 5.91 Å². The summed E-state index contributed by atoms with van der Waals surface area (Å²) in [6, 6.07) is 11.9. The van der Waals surface area contributed by atoms with Gasteiger partial charge in [0.05, 0.1) is 22.5 Å². The van der Waals surface area contributed by atoms with Crippen molar-refractivity contribution in [2.45, 2.75) is 26.8 Å². The van der Waals surface area contributed by atoms with Crippen LogP contribution >= 0.6 is 11.3 Å². The second-order valence-corrected chi connectivity index (χ2v) is 7.23. The Kier molecular flexibility index (Phi) is 4.38. The topological polar surface area (TPSA) is 51.7 Å². The summed E-state index contributed by atoms with van der Waals surface area (Å²) < 4.78 is 4.76. The number of hydrogen-bond acceptors (Lipinski definition) is 3. The van der Waals surface area contributed by atoms with Crippen molar-refractivity contribution in [1.82, 2.24) is 14.0 Å². The lowest BCUT2D eigenvalue weighted by Crippen LogP contribution is -2.17. The SMILES string of the molecule is C#CCn1c(=NC(=O)c2c(C)nc3ccccn23)sc2cc(CC)ccc21. The molecule has 3 aromatic heterocycles. The van der Waals surface area contributed by atoms with E-state index >= 15 is 0 Å². The molecule has 1 aromatic carbocycles. The molecule has 134 valence electrons. The van der Waals surface area contributed by atoms with E-state index in [1.165, 1.54) is 16.9 Å². The highest BCUT2D eigenvalue weighted by Crippen LogP contribution is 2.20. The summed E-state index contributed by atoms with van der Waals surface area (Å²) in [5.74, 6) is 2.34. The minimum atomic E-state index is -0.320. The first-order valence-corrected chi connectivity index (χ1v) is 9.52. The first-order chi connectivity index (χ1) is 13.1. The van der Waals surface area contributed by atoms with E-state index in [2.05, 4.69) is 35.0 Å². The minimum absolute atomic E-state index is 0.320. The predicted octanol–water partition coefficient (Wildman–Crippen LogP) is 3.60. The third kappa shape index (κ3) is 2.96. The summed E-state index contributed by atoms with van der Waals surface area (Å²) in [4.78, 5) is 22.4. The number of thiazole rings is 1. The van der Waals surface area contributed by atoms with E-state index in [0.717, 1.165) is 22.3 Å². The van der Waals surface area contributed by atoms with Crippen molar-refractivity contribution in [3.63, 3.8) is 0 Å². The Morgan fingerprint density at radius 3 is 2.96 bits per heavy atom. The van der Waals surface area contributed by atoms with Crippen molar-refractivity contribution in [2.24, 2.45) is 4.99 Å². The van der Waals surface area contributed by atoms with Crippen molar-refractivity contribution in [3.8, 4) is 12.3 Å². The van der Waals surface area contributed by atoms with Crippen molar-refractivity contribution in [2.75, 3.05) is 0 Å². The van der Waals surface area contributed by atoms with E-state index in [1.54, 1.807) is 4.40 Å². The number of rotatable bonds is 3. The number of hydrogen-bond donors (Lipinski definition) is 0. The number of terminal acetylenes is 1. The van der Waals surface area contributed by atoms with Crippen LogP contribution < -0.4 is 4.80 Å². The van der Waals surface area contributed by atoms with Crippen molar-refractivity contribution in [3.05, 3.63) is 64.3 Å². The van der Waals surface area contributed by atoms with Crippen molar-refractivity contribution in [1.29, 1.82) is 0 Å². The highest BCUT2D eigenvalue weighted by molar-refractivity contribution is 7.16. The smallest absolute Gasteiger partial charge is 0.298 e. The Morgan fingerprint density at radius 2 is 2.19 bits per heavy atom. The lowest BCUT2D eigenvalue weighted by molar-refractivity contribution is 0.0991. The fourth-order valence-electron chi connectivity index (χ4n) is 3.18. The monoisotopic (exact) mass is 374 g/mol. The van der Waals surface area contributed by atoms with Crippen molar-refractivity contribution >= 4 is 33.1 Å². The van der Waals surface area contributed by atoms with E-state index in [4.69, 9.17) is 6.42 Å². The molecule has 0 spiro atoms. The fraction of sp³-hybridized carbons (Fsp3) is 0.190. The molecule has 0 unspecified atom stereocenters. The molecule has 5 nitrogen and oxygen atoms in total. The third-order valence-electron chi connectivity index (χ3n) is 4.51. The summed E-state index contributed by atoms with van der Waals surface area (Å²) in [7, 11) is 0. The Hall–Kier alpha value is -3.17. The van der Waals surface area contributed by atoms with Crippen LogP contribution in [0, 0.1) is 19.3 Å². The normalized spacial score (nSPS) is 12.0. The largest absolute Gasteiger partial charge is 0.305 e. The third-order valence-corrected chi connectivity index (χ3v) is 5.55. The number of fused-ring (bicyclic) bond motifs is 2. The second kappa shape index (κ2) is 6.86. The second-order valence-electron chi connectivity index (χ2n) is 6.22. The quantitative estimate of drug-likeness (QED) is 0.515. The molecule has 0 radical (unpaired) electrons. The van der Waals surface area contributed by atoms with Gasteiger partial charge in [-0.2, -0.15) is 4.99 Å². The van der Waals surface area contributed by atoms with E-state index in [1.807, 2.05) is 42.0 Å². The van der Waals surface area contributed by atoms with Crippen LogP contribution in [0.1, 0.15) is 28.7 Å². The number of pyridine rings is 1. The van der Waals surface area contributed by atoms with Gasteiger partial charge < -0.3 is 4.57 Å². The zero-order valence-electron chi connectivity index (χ0n) is 15.1. The molecule has 0 aliphatic heterocycles. The van der Waals surface area contributed by atoms with Crippen LogP contribution in [-0.4, -0.2) is 19.9 Å². The standard InChI is InChI=1S/C21H18N4OS/c1-4-11-24-16-10-9-15(5-2)13-17(16)27-21(24)23-20(26)19-14(3)22-18-8-6-7-12-25(18)19/h1,6-10,12-13H,5,11H2,2-3H3. The van der Waals surface area contributed by atoms with Gasteiger partial charge >= 0.3 is 0 Å². The summed E-state index contributed by atoms with van der Waals surface area (Å²) in [5.41, 5.74) is 4.11. The fourth-order valence-corrected chi connectivity index (χ4v) is 4.27. The number of carbonyl (C=O) groups excluding carboxylic acids is 1. The molecule has 0 aliphatic carbocycles. The molecule has 0 saturated carbocycles. The van der Waals surface area contributed by atoms with E-state index in [-0.39, 0.29) is 5.91 Å². The summed E-state index contributed by atoms with van der Waals surface area (Å²) in [6.07, 6.45) is 8.33. The maximum Gasteiger partial charge on any atom is 0.298 e. The lowest BCUT2D eigenvalue weighted by Gasteiger charge is -2.01. The highest BCUT2D eigenvalue weighted by Gasteiger charge is 2.16. The number of amides is 1. The highest BCUT2D eigenvalue weighted by atomic mass is 32.1. The molecule has 3 heterocycles. The van der Waals surface area contributed by atoms with Gasteiger partial charge in [0.15, 0.2) is 4.80 Å². The lowest BCUT2D eigenvalue weighted by atomic mass is 10.2. The van der Waals surface area contributed by atoms with Crippen LogP contribution in [-0.2, 0) is 13.0 Å². The van der Waals surface area contributed by atoms with Crippen LogP contribution in [0.2, 0.25) is 0 Å². The van der Waals surface area contributed by atoms with Gasteiger partial charge in [-0.25, -0.2) is 4.98 Å². The summed E-state index contributed by atoms with van der Waals surface area (Å²) in [6.45, 7) is 4.31. The van der Waals surface area contributed by atoms with Crippen molar-refractivity contribution < 1.29 is 4.79 Å². The maximum atomic E-state index is 13.0. The Bertz CT molecular complexity index is 1280. The van der Waals surface area contributed by atoms with Crippen LogP contribution in [0.4, 0.5) is 0 Å². The molecule has 0 bridgehead atoms. The molecule has 0 N–H and O–H groups in total. The van der Waals surface area contributed by atoms with Crippen LogP contribution in [0.25, 0.3) is 15.9 Å². The van der Waals surface area contributed by atoms with Gasteiger partial charge in [0.1, 0.15) is 11.3 Å². The Labute approximate surface area is 160 Å². The van der Waals surface area contributed by atoms with Gasteiger partial charge in [0.2, 0.25) is 0 Å². The molecule has 1 amide bonds. The maximum absolute atomic E-state index is 13.0. The molecule has 4 rings (SSSR count). The average Bonchev–Trinajstić information content (AvgIpc) is 3.18. The van der Waals surface area contributed by atoms with E-state index in [9.17, 15) is 4.79 Å². The molecule has 0 aliphatic rings. The number of nitrogens with zero attached hydrogens (tertiary/aromatic N) is 4. The zero-order valence-corrected chi connectivity index (χ0v) is 16.0. The van der Waals surface area contributed by atoms with Crippen LogP contribution in [0.3, 0.4) is 0 Å². The zero-order chi connectivity index (χ0) is 19.0. The molecular weight excluding hydrogens is 356 g/mol.